The molecule has 1 aliphatic rings. The highest BCUT2D eigenvalue weighted by Crippen LogP contribution is 2.40. The largest absolute Gasteiger partial charge is 0.497 e. The van der Waals surface area contributed by atoms with Gasteiger partial charge in [-0.3, -0.25) is 4.72 Å². The number of nitrogens with one attached hydrogen (secondary N) is 2. The lowest BCUT2D eigenvalue weighted by molar-refractivity contribution is 0.414. The van der Waals surface area contributed by atoms with E-state index in [0.717, 1.165) is 21.9 Å². The second-order valence-corrected chi connectivity index (χ2v) is 7.26. The van der Waals surface area contributed by atoms with Crippen LogP contribution in [0, 0.1) is 0 Å². The van der Waals surface area contributed by atoms with Gasteiger partial charge >= 0.3 is 0 Å². The number of benzene rings is 3. The molecule has 28 heavy (non-hydrogen) atoms. The minimum Gasteiger partial charge on any atom is -0.497 e. The third-order valence-corrected chi connectivity index (χ3v) is 5.27. The number of methoxy groups -OCH3 is 1. The summed E-state index contributed by atoms with van der Waals surface area (Å²) in [5.41, 5.74) is 1.92. The van der Waals surface area contributed by atoms with E-state index in [1.807, 2.05) is 60.7 Å². The summed E-state index contributed by atoms with van der Waals surface area (Å²) in [6, 6.07) is 21.1. The zero-order valence-electron chi connectivity index (χ0n) is 15.1. The number of rotatable bonds is 5. The summed E-state index contributed by atoms with van der Waals surface area (Å²) in [5, 5.41) is 3.89. The Labute approximate surface area is 172 Å². The summed E-state index contributed by atoms with van der Waals surface area (Å²) in [7, 11) is 1.66. The van der Waals surface area contributed by atoms with Crippen molar-refractivity contribution in [3.63, 3.8) is 0 Å². The van der Waals surface area contributed by atoms with Gasteiger partial charge in [0.05, 0.1) is 29.3 Å². The quantitative estimate of drug-likeness (QED) is 0.526. The number of aliphatic imine (C=N–C) groups is 1. The summed E-state index contributed by atoms with van der Waals surface area (Å²) >= 11 is 7.72. The van der Waals surface area contributed by atoms with Gasteiger partial charge in [-0.2, -0.15) is 0 Å². The Kier molecular flexibility index (Phi) is 5.60. The first-order chi connectivity index (χ1) is 13.7. The van der Waals surface area contributed by atoms with Crippen molar-refractivity contribution in [1.29, 1.82) is 0 Å². The Hall–Kier alpha value is -2.83. The number of anilines is 1. The fourth-order valence-electron chi connectivity index (χ4n) is 2.71. The Bertz CT molecular complexity index is 1030. The standard InChI is InChI=1S/C21H18ClN3O2S/c1-26-15-7-4-6-14(12-15)13-23-21-24-20-18(10-5-11-19(20)28-25-21)27-17-9-3-2-8-16(17)22/h2-12H,13H2,1H3,(H2,23,24,25). The summed E-state index contributed by atoms with van der Waals surface area (Å²) in [6.45, 7) is 0.524. The molecule has 4 rings (SSSR count). The lowest BCUT2D eigenvalue weighted by Crippen LogP contribution is -2.29. The minimum atomic E-state index is 0.524. The average Bonchev–Trinajstić information content (AvgIpc) is 2.74. The molecular formula is C21H18ClN3O2S. The van der Waals surface area contributed by atoms with Crippen molar-refractivity contribution in [3.05, 3.63) is 77.3 Å². The van der Waals surface area contributed by atoms with E-state index in [-0.39, 0.29) is 0 Å². The number of para-hydroxylation sites is 2. The Morgan fingerprint density at radius 1 is 1.00 bits per heavy atom. The molecule has 0 aromatic heterocycles. The smallest absolute Gasteiger partial charge is 0.206 e. The molecule has 0 bridgehead atoms. The fraction of sp³-hybridized carbons (Fsp3) is 0.0952. The van der Waals surface area contributed by atoms with Gasteiger partial charge in [-0.1, -0.05) is 41.9 Å². The molecule has 0 saturated heterocycles. The monoisotopic (exact) mass is 411 g/mol. The minimum absolute atomic E-state index is 0.524. The van der Waals surface area contributed by atoms with Crippen LogP contribution in [0.4, 0.5) is 5.69 Å². The SMILES string of the molecule is COc1cccc(CN=C2NSc3cccc(Oc4ccccc4Cl)c3N2)c1. The van der Waals surface area contributed by atoms with Gasteiger partial charge in [-0.05, 0) is 53.9 Å². The maximum atomic E-state index is 6.23. The molecule has 0 spiro atoms. The fourth-order valence-corrected chi connectivity index (χ4v) is 3.61. The van der Waals surface area contributed by atoms with E-state index in [4.69, 9.17) is 21.1 Å². The van der Waals surface area contributed by atoms with Crippen molar-refractivity contribution >= 4 is 35.2 Å². The summed E-state index contributed by atoms with van der Waals surface area (Å²) in [6.07, 6.45) is 0. The average molecular weight is 412 g/mol. The highest BCUT2D eigenvalue weighted by atomic mass is 35.5. The van der Waals surface area contributed by atoms with E-state index >= 15 is 0 Å². The number of fused-ring (bicyclic) bond motifs is 1. The van der Waals surface area contributed by atoms with E-state index < -0.39 is 0 Å². The Morgan fingerprint density at radius 2 is 1.82 bits per heavy atom. The summed E-state index contributed by atoms with van der Waals surface area (Å²) < 4.78 is 14.5. The molecule has 1 aliphatic heterocycles. The summed E-state index contributed by atoms with van der Waals surface area (Å²) in [4.78, 5) is 5.65. The first-order valence-corrected chi connectivity index (χ1v) is 9.85. The van der Waals surface area contributed by atoms with E-state index in [1.165, 1.54) is 11.9 Å². The van der Waals surface area contributed by atoms with Gasteiger partial charge in [0.15, 0.2) is 5.75 Å². The second kappa shape index (κ2) is 8.46. The zero-order valence-corrected chi connectivity index (χ0v) is 16.7. The van der Waals surface area contributed by atoms with Crippen molar-refractivity contribution in [2.24, 2.45) is 4.99 Å². The Balaban J connectivity index is 1.55. The van der Waals surface area contributed by atoms with Crippen LogP contribution in [0.2, 0.25) is 5.02 Å². The van der Waals surface area contributed by atoms with Gasteiger partial charge in [0.2, 0.25) is 5.96 Å². The van der Waals surface area contributed by atoms with Crippen LogP contribution in [0.25, 0.3) is 0 Å². The number of halogens is 1. The van der Waals surface area contributed by atoms with Gasteiger partial charge in [0.25, 0.3) is 0 Å². The zero-order chi connectivity index (χ0) is 19.3. The highest BCUT2D eigenvalue weighted by Gasteiger charge is 2.19. The molecule has 1 heterocycles. The molecule has 2 N–H and O–H groups in total. The predicted molar refractivity (Wildman–Crippen MR) is 115 cm³/mol. The van der Waals surface area contributed by atoms with E-state index in [1.54, 1.807) is 13.2 Å². The van der Waals surface area contributed by atoms with Crippen molar-refractivity contribution in [3.8, 4) is 17.2 Å². The highest BCUT2D eigenvalue weighted by molar-refractivity contribution is 7.98. The third kappa shape index (κ3) is 4.18. The molecule has 0 fully saturated rings. The van der Waals surface area contributed by atoms with Gasteiger partial charge in [0.1, 0.15) is 11.5 Å². The van der Waals surface area contributed by atoms with E-state index in [2.05, 4.69) is 15.0 Å². The molecular weight excluding hydrogens is 394 g/mol. The first kappa shape index (κ1) is 18.5. The number of nitrogens with zero attached hydrogens (tertiary/aromatic N) is 1. The Morgan fingerprint density at radius 3 is 2.68 bits per heavy atom. The van der Waals surface area contributed by atoms with Crippen LogP contribution >= 0.6 is 23.5 Å². The molecule has 3 aromatic rings. The van der Waals surface area contributed by atoms with Gasteiger partial charge in [-0.25, -0.2) is 4.99 Å². The molecule has 7 heteroatoms. The molecule has 0 radical (unpaired) electrons. The first-order valence-electron chi connectivity index (χ1n) is 8.65. The van der Waals surface area contributed by atoms with Gasteiger partial charge in [-0.15, -0.1) is 0 Å². The maximum Gasteiger partial charge on any atom is 0.206 e. The number of ether oxygens (including phenoxy) is 2. The van der Waals surface area contributed by atoms with Crippen LogP contribution in [0.3, 0.4) is 0 Å². The van der Waals surface area contributed by atoms with Crippen molar-refractivity contribution < 1.29 is 9.47 Å². The normalized spacial score (nSPS) is 14.0. The van der Waals surface area contributed by atoms with Crippen LogP contribution in [-0.4, -0.2) is 13.1 Å². The molecule has 142 valence electrons. The van der Waals surface area contributed by atoms with Crippen LogP contribution < -0.4 is 19.5 Å². The summed E-state index contributed by atoms with van der Waals surface area (Å²) in [5.74, 6) is 2.78. The molecule has 5 nitrogen and oxygen atoms in total. The number of guanidine groups is 1. The molecule has 0 aliphatic carbocycles. The maximum absolute atomic E-state index is 6.23. The molecule has 0 saturated carbocycles. The second-order valence-electron chi connectivity index (χ2n) is 6.01. The lowest BCUT2D eigenvalue weighted by Gasteiger charge is -2.23. The van der Waals surface area contributed by atoms with Crippen LogP contribution in [0.1, 0.15) is 5.56 Å². The van der Waals surface area contributed by atoms with E-state index in [0.29, 0.717) is 29.0 Å². The van der Waals surface area contributed by atoms with Gasteiger partial charge < -0.3 is 14.8 Å². The van der Waals surface area contributed by atoms with Crippen LogP contribution in [0.5, 0.6) is 17.2 Å². The molecule has 0 unspecified atom stereocenters. The molecule has 0 amide bonds. The van der Waals surface area contributed by atoms with Crippen LogP contribution in [-0.2, 0) is 6.54 Å². The number of hydrogen-bond acceptors (Lipinski definition) is 4. The van der Waals surface area contributed by atoms with Gasteiger partial charge in [0, 0.05) is 0 Å². The van der Waals surface area contributed by atoms with Crippen molar-refractivity contribution in [2.45, 2.75) is 11.4 Å². The van der Waals surface area contributed by atoms with Crippen molar-refractivity contribution in [2.75, 3.05) is 12.4 Å². The number of hydrogen-bond donors (Lipinski definition) is 2. The lowest BCUT2D eigenvalue weighted by atomic mass is 10.2. The molecule has 3 aromatic carbocycles. The molecule has 0 atom stereocenters. The van der Waals surface area contributed by atoms with E-state index in [9.17, 15) is 0 Å². The van der Waals surface area contributed by atoms with Crippen molar-refractivity contribution in [1.82, 2.24) is 4.72 Å². The van der Waals surface area contributed by atoms with Crippen LogP contribution in [0.15, 0.2) is 76.6 Å². The topological polar surface area (TPSA) is 54.9 Å². The third-order valence-electron chi connectivity index (χ3n) is 4.10. The predicted octanol–water partition coefficient (Wildman–Crippen LogP) is 5.72.